The number of nitrogens with one attached hydrogen (secondary N) is 1. The first-order valence-electron chi connectivity index (χ1n) is 11.3. The maximum absolute atomic E-state index is 15.4. The van der Waals surface area contributed by atoms with Gasteiger partial charge in [-0.1, -0.05) is 30.3 Å². The predicted octanol–water partition coefficient (Wildman–Crippen LogP) is 5.77. The van der Waals surface area contributed by atoms with Crippen molar-refractivity contribution in [3.63, 3.8) is 0 Å². The van der Waals surface area contributed by atoms with Crippen molar-refractivity contribution in [3.8, 4) is 34.1 Å². The summed E-state index contributed by atoms with van der Waals surface area (Å²) < 4.78 is 22.7. The van der Waals surface area contributed by atoms with Crippen LogP contribution in [-0.4, -0.2) is 30.4 Å². The van der Waals surface area contributed by atoms with E-state index in [1.54, 1.807) is 31.2 Å². The quantitative estimate of drug-likeness (QED) is 0.268. The highest BCUT2D eigenvalue weighted by molar-refractivity contribution is 6.32. The van der Waals surface area contributed by atoms with Crippen molar-refractivity contribution in [1.82, 2.24) is 24.5 Å². The van der Waals surface area contributed by atoms with Crippen molar-refractivity contribution in [1.29, 1.82) is 0 Å². The first kappa shape index (κ1) is 24.8. The Bertz CT molecular complexity index is 1680. The van der Waals surface area contributed by atoms with E-state index in [1.165, 1.54) is 24.8 Å². The summed E-state index contributed by atoms with van der Waals surface area (Å²) in [5.41, 5.74) is 10.3. The molecule has 5 rings (SSSR count). The van der Waals surface area contributed by atoms with Gasteiger partial charge in [-0.25, -0.2) is 24.3 Å². The van der Waals surface area contributed by atoms with Gasteiger partial charge in [0.15, 0.2) is 11.6 Å². The lowest BCUT2D eigenvalue weighted by molar-refractivity contribution is -0.112. The SMILES string of the molecule is C=C(C)C(=O)Nc1ccc(-c2c(-c3cc(F)c(Oc4ncccn4)c(Cl)c3)c3c(N)ncnc3n2C)cc1. The second kappa shape index (κ2) is 9.91. The lowest BCUT2D eigenvalue weighted by Crippen LogP contribution is -2.11. The number of aromatic nitrogens is 5. The van der Waals surface area contributed by atoms with E-state index in [0.717, 1.165) is 5.56 Å². The van der Waals surface area contributed by atoms with Crippen LogP contribution in [0.15, 0.2) is 73.3 Å². The van der Waals surface area contributed by atoms with Gasteiger partial charge in [-0.2, -0.15) is 0 Å². The zero-order chi connectivity index (χ0) is 27.0. The number of hydrogen-bond donors (Lipinski definition) is 2. The Hall–Kier alpha value is -4.83. The second-order valence-corrected chi connectivity index (χ2v) is 8.86. The normalized spacial score (nSPS) is 10.9. The van der Waals surface area contributed by atoms with Crippen LogP contribution in [0.1, 0.15) is 6.92 Å². The monoisotopic (exact) mass is 529 g/mol. The molecule has 11 heteroatoms. The van der Waals surface area contributed by atoms with Gasteiger partial charge in [-0.15, -0.1) is 0 Å². The van der Waals surface area contributed by atoms with E-state index in [0.29, 0.717) is 39.1 Å². The average molecular weight is 530 g/mol. The smallest absolute Gasteiger partial charge is 0.322 e. The highest BCUT2D eigenvalue weighted by Gasteiger charge is 2.24. The highest BCUT2D eigenvalue weighted by Crippen LogP contribution is 2.44. The van der Waals surface area contributed by atoms with Crippen molar-refractivity contribution in [3.05, 3.63) is 84.2 Å². The molecule has 38 heavy (non-hydrogen) atoms. The number of ether oxygens (including phenoxy) is 1. The lowest BCUT2D eigenvalue weighted by atomic mass is 9.98. The van der Waals surface area contributed by atoms with Crippen LogP contribution in [-0.2, 0) is 11.8 Å². The van der Waals surface area contributed by atoms with E-state index in [9.17, 15) is 4.79 Å². The molecule has 0 radical (unpaired) electrons. The minimum atomic E-state index is -0.712. The fraction of sp³-hybridized carbons (Fsp3) is 0.0741. The molecule has 0 aliphatic carbocycles. The highest BCUT2D eigenvalue weighted by atomic mass is 35.5. The summed E-state index contributed by atoms with van der Waals surface area (Å²) in [5, 5.41) is 3.34. The van der Waals surface area contributed by atoms with E-state index < -0.39 is 5.82 Å². The van der Waals surface area contributed by atoms with E-state index in [4.69, 9.17) is 22.1 Å². The molecule has 0 bridgehead atoms. The zero-order valence-corrected chi connectivity index (χ0v) is 21.1. The molecule has 5 aromatic rings. The summed E-state index contributed by atoms with van der Waals surface area (Å²) in [6, 6.07) is 11.6. The fourth-order valence-electron chi connectivity index (χ4n) is 4.07. The number of halogens is 2. The molecule has 0 spiro atoms. The molecule has 0 aliphatic heterocycles. The summed E-state index contributed by atoms with van der Waals surface area (Å²) in [6.07, 6.45) is 4.32. The van der Waals surface area contributed by atoms with Crippen LogP contribution in [0.25, 0.3) is 33.4 Å². The third-order valence-electron chi connectivity index (χ3n) is 5.82. The Morgan fingerprint density at radius 1 is 1.11 bits per heavy atom. The van der Waals surface area contributed by atoms with Gasteiger partial charge in [-0.05, 0) is 48.4 Å². The van der Waals surface area contributed by atoms with Crippen LogP contribution >= 0.6 is 11.6 Å². The molecule has 9 nitrogen and oxygen atoms in total. The molecular weight excluding hydrogens is 509 g/mol. The summed E-state index contributed by atoms with van der Waals surface area (Å²) in [7, 11) is 1.83. The average Bonchev–Trinajstić information content (AvgIpc) is 3.20. The minimum Gasteiger partial charge on any atom is -0.420 e. The molecule has 3 aromatic heterocycles. The van der Waals surface area contributed by atoms with Crippen LogP contribution in [0.5, 0.6) is 11.8 Å². The van der Waals surface area contributed by atoms with E-state index in [-0.39, 0.29) is 28.5 Å². The minimum absolute atomic E-state index is 0.0173. The van der Waals surface area contributed by atoms with Gasteiger partial charge in [0.2, 0.25) is 0 Å². The molecule has 0 atom stereocenters. The second-order valence-electron chi connectivity index (χ2n) is 8.45. The number of carbonyl (C=O) groups is 1. The first-order chi connectivity index (χ1) is 18.2. The molecule has 0 aliphatic rings. The number of nitrogen functional groups attached to an aromatic ring is 1. The molecule has 2 aromatic carbocycles. The number of rotatable bonds is 6. The maximum atomic E-state index is 15.4. The summed E-state index contributed by atoms with van der Waals surface area (Å²) in [5.74, 6) is -0.965. The Balaban J connectivity index is 1.66. The van der Waals surface area contributed by atoms with Crippen molar-refractivity contribution in [2.45, 2.75) is 6.92 Å². The summed E-state index contributed by atoms with van der Waals surface area (Å²) in [6.45, 7) is 5.28. The molecule has 0 saturated carbocycles. The summed E-state index contributed by atoms with van der Waals surface area (Å²) >= 11 is 6.49. The molecule has 3 heterocycles. The van der Waals surface area contributed by atoms with Gasteiger partial charge in [-0.3, -0.25) is 4.79 Å². The Morgan fingerprint density at radius 2 is 1.82 bits per heavy atom. The maximum Gasteiger partial charge on any atom is 0.322 e. The number of anilines is 2. The first-order valence-corrected chi connectivity index (χ1v) is 11.7. The third-order valence-corrected chi connectivity index (χ3v) is 6.10. The Kier molecular flexibility index (Phi) is 6.48. The van der Waals surface area contributed by atoms with E-state index >= 15 is 4.39 Å². The number of hydrogen-bond acceptors (Lipinski definition) is 7. The topological polar surface area (TPSA) is 121 Å². The molecule has 3 N–H and O–H groups in total. The standard InChI is InChI=1S/C27H21ClFN7O2/c1-14(2)26(37)35-17-7-5-15(6-8-17)22-20(21-24(30)33-13-34-25(21)36(22)3)16-11-18(28)23(19(29)12-16)38-27-31-9-4-10-32-27/h4-13H,1H2,2-3H3,(H,35,37)(H2,30,33,34). The van der Waals surface area contributed by atoms with Crippen LogP contribution in [0.4, 0.5) is 15.9 Å². The van der Waals surface area contributed by atoms with Gasteiger partial charge in [0.1, 0.15) is 17.8 Å². The van der Waals surface area contributed by atoms with Crippen molar-refractivity contribution in [2.75, 3.05) is 11.1 Å². The lowest BCUT2D eigenvalue weighted by Gasteiger charge is -2.13. The molecule has 0 fully saturated rings. The third kappa shape index (κ3) is 4.53. The van der Waals surface area contributed by atoms with Gasteiger partial charge in [0.05, 0.1) is 16.1 Å². The number of benzene rings is 2. The van der Waals surface area contributed by atoms with Gasteiger partial charge < -0.3 is 20.4 Å². The Labute approximate surface area is 221 Å². The predicted molar refractivity (Wildman–Crippen MR) is 144 cm³/mol. The number of nitrogens with two attached hydrogens (primary N) is 1. The Morgan fingerprint density at radius 3 is 2.47 bits per heavy atom. The number of aryl methyl sites for hydroxylation is 1. The number of fused-ring (bicyclic) bond motifs is 1. The molecule has 0 unspecified atom stereocenters. The van der Waals surface area contributed by atoms with Crippen LogP contribution in [0, 0.1) is 5.82 Å². The van der Waals surface area contributed by atoms with Crippen LogP contribution in [0.2, 0.25) is 5.02 Å². The van der Waals surface area contributed by atoms with Crippen molar-refractivity contribution >= 4 is 40.0 Å². The zero-order valence-electron chi connectivity index (χ0n) is 20.4. The van der Waals surface area contributed by atoms with Gasteiger partial charge >= 0.3 is 6.01 Å². The van der Waals surface area contributed by atoms with Crippen LogP contribution < -0.4 is 15.8 Å². The van der Waals surface area contributed by atoms with Crippen molar-refractivity contribution in [2.24, 2.45) is 7.05 Å². The van der Waals surface area contributed by atoms with E-state index in [2.05, 4.69) is 31.8 Å². The number of carbonyl (C=O) groups excluding carboxylic acids is 1. The fourth-order valence-corrected chi connectivity index (χ4v) is 4.32. The molecule has 1 amide bonds. The number of nitrogens with zero attached hydrogens (tertiary/aromatic N) is 5. The van der Waals surface area contributed by atoms with Gasteiger partial charge in [0.25, 0.3) is 5.91 Å². The van der Waals surface area contributed by atoms with Crippen LogP contribution in [0.3, 0.4) is 0 Å². The number of amides is 1. The summed E-state index contributed by atoms with van der Waals surface area (Å²) in [4.78, 5) is 28.5. The van der Waals surface area contributed by atoms with E-state index in [1.807, 2.05) is 23.7 Å². The van der Waals surface area contributed by atoms with Crippen molar-refractivity contribution < 1.29 is 13.9 Å². The molecular formula is C27H21ClFN7O2. The molecule has 190 valence electrons. The van der Waals surface area contributed by atoms with Gasteiger partial charge in [0, 0.05) is 36.3 Å². The molecule has 0 saturated heterocycles. The largest absolute Gasteiger partial charge is 0.420 e.